The minimum Gasteiger partial charge on any atom is -0.478 e. The molecule has 2 rings (SSSR count). The van der Waals surface area contributed by atoms with Crippen molar-refractivity contribution in [2.75, 3.05) is 0 Å². The first kappa shape index (κ1) is 11.4. The van der Waals surface area contributed by atoms with E-state index >= 15 is 0 Å². The van der Waals surface area contributed by atoms with E-state index in [1.165, 1.54) is 16.8 Å². The lowest BCUT2D eigenvalue weighted by Crippen LogP contribution is -2.19. The van der Waals surface area contributed by atoms with Gasteiger partial charge < -0.3 is 5.11 Å². The highest BCUT2D eigenvalue weighted by atomic mass is 16.4. The van der Waals surface area contributed by atoms with E-state index in [-0.39, 0.29) is 11.1 Å². The quantitative estimate of drug-likeness (QED) is 0.848. The van der Waals surface area contributed by atoms with Gasteiger partial charge in [0.05, 0.1) is 16.5 Å². The average molecular weight is 234 g/mol. The lowest BCUT2D eigenvalue weighted by atomic mass is 10.1. The average Bonchev–Trinajstić information content (AvgIpc) is 2.55. The third-order valence-corrected chi connectivity index (χ3v) is 2.55. The van der Waals surface area contributed by atoms with Crippen LogP contribution in [0, 0.1) is 5.92 Å². The van der Waals surface area contributed by atoms with Crippen molar-refractivity contribution in [1.29, 1.82) is 0 Å². The summed E-state index contributed by atoms with van der Waals surface area (Å²) < 4.78 is 1.51. The molecular weight excluding hydrogens is 220 g/mol. The largest absolute Gasteiger partial charge is 0.478 e. The van der Waals surface area contributed by atoms with Crippen molar-refractivity contribution in [1.82, 2.24) is 9.78 Å². The SMILES string of the molecule is CC(C)Cn1[nH]c2ccc(C(=O)O)cc2c1=O. The third-order valence-electron chi connectivity index (χ3n) is 2.55. The van der Waals surface area contributed by atoms with Crippen molar-refractivity contribution in [3.63, 3.8) is 0 Å². The molecule has 5 heteroatoms. The lowest BCUT2D eigenvalue weighted by Gasteiger charge is -2.03. The number of fused-ring (bicyclic) bond motifs is 1. The molecule has 0 aliphatic heterocycles. The minimum atomic E-state index is -1.03. The fraction of sp³-hybridized carbons (Fsp3) is 0.333. The Morgan fingerprint density at radius 3 is 2.76 bits per heavy atom. The number of nitrogens with one attached hydrogen (secondary N) is 1. The van der Waals surface area contributed by atoms with Gasteiger partial charge in [-0.25, -0.2) is 4.79 Å². The topological polar surface area (TPSA) is 75.1 Å². The summed E-state index contributed by atoms with van der Waals surface area (Å²) in [7, 11) is 0. The molecule has 1 aromatic carbocycles. The van der Waals surface area contributed by atoms with Crippen molar-refractivity contribution in [3.8, 4) is 0 Å². The summed E-state index contributed by atoms with van der Waals surface area (Å²) in [6.45, 7) is 4.62. The highest BCUT2D eigenvalue weighted by Gasteiger charge is 2.10. The third kappa shape index (κ3) is 2.08. The number of H-pyrrole nitrogens is 1. The summed E-state index contributed by atoms with van der Waals surface area (Å²) in [5.41, 5.74) is 0.628. The van der Waals surface area contributed by atoms with E-state index in [0.29, 0.717) is 23.4 Å². The summed E-state index contributed by atoms with van der Waals surface area (Å²) in [5, 5.41) is 12.3. The number of benzene rings is 1. The van der Waals surface area contributed by atoms with E-state index in [9.17, 15) is 9.59 Å². The molecular formula is C12H14N2O3. The number of carbonyl (C=O) groups is 1. The molecule has 0 unspecified atom stereocenters. The molecule has 17 heavy (non-hydrogen) atoms. The van der Waals surface area contributed by atoms with Crippen LogP contribution in [0.1, 0.15) is 24.2 Å². The van der Waals surface area contributed by atoms with Gasteiger partial charge in [0, 0.05) is 6.54 Å². The Morgan fingerprint density at radius 2 is 2.18 bits per heavy atom. The second-order valence-corrected chi connectivity index (χ2v) is 4.49. The van der Waals surface area contributed by atoms with Gasteiger partial charge in [0.25, 0.3) is 5.56 Å². The van der Waals surface area contributed by atoms with Crippen LogP contribution in [0.4, 0.5) is 0 Å². The Hall–Kier alpha value is -2.04. The summed E-state index contributed by atoms with van der Waals surface area (Å²) in [5.74, 6) is -0.678. The predicted molar refractivity (Wildman–Crippen MR) is 64.4 cm³/mol. The fourth-order valence-corrected chi connectivity index (χ4v) is 1.79. The van der Waals surface area contributed by atoms with Crippen LogP contribution in [0.3, 0.4) is 0 Å². The maximum atomic E-state index is 12.0. The molecule has 1 aromatic heterocycles. The number of aromatic carboxylic acids is 1. The molecule has 0 aliphatic carbocycles. The van der Waals surface area contributed by atoms with Crippen molar-refractivity contribution in [2.24, 2.45) is 5.92 Å². The number of carboxylic acids is 1. The second kappa shape index (κ2) is 4.08. The van der Waals surface area contributed by atoms with Crippen molar-refractivity contribution >= 4 is 16.9 Å². The number of carboxylic acid groups (broad SMARTS) is 1. The van der Waals surface area contributed by atoms with Gasteiger partial charge in [0.2, 0.25) is 0 Å². The van der Waals surface area contributed by atoms with E-state index in [4.69, 9.17) is 5.11 Å². The maximum absolute atomic E-state index is 12.0. The molecule has 0 saturated carbocycles. The summed E-state index contributed by atoms with van der Waals surface area (Å²) in [6, 6.07) is 4.52. The first-order chi connectivity index (χ1) is 7.99. The standard InChI is InChI=1S/C12H14N2O3/c1-7(2)6-14-11(15)9-5-8(12(16)17)3-4-10(9)13-14/h3-5,7,13H,6H2,1-2H3,(H,16,17). The Bertz CT molecular complexity index is 622. The molecule has 2 N–H and O–H groups in total. The molecule has 0 saturated heterocycles. The molecule has 0 spiro atoms. The Kier molecular flexibility index (Phi) is 2.75. The van der Waals surface area contributed by atoms with E-state index < -0.39 is 5.97 Å². The van der Waals surface area contributed by atoms with E-state index in [0.717, 1.165) is 0 Å². The van der Waals surface area contributed by atoms with Crippen LogP contribution in [0.2, 0.25) is 0 Å². The molecule has 2 aromatic rings. The number of hydrogen-bond acceptors (Lipinski definition) is 2. The van der Waals surface area contributed by atoms with Gasteiger partial charge in [0.15, 0.2) is 0 Å². The second-order valence-electron chi connectivity index (χ2n) is 4.49. The molecule has 0 atom stereocenters. The zero-order valence-electron chi connectivity index (χ0n) is 9.73. The number of aromatic nitrogens is 2. The number of nitrogens with zero attached hydrogens (tertiary/aromatic N) is 1. The fourth-order valence-electron chi connectivity index (χ4n) is 1.79. The van der Waals surface area contributed by atoms with Crippen molar-refractivity contribution in [2.45, 2.75) is 20.4 Å². The number of hydrogen-bond donors (Lipinski definition) is 2. The Morgan fingerprint density at radius 1 is 1.47 bits per heavy atom. The zero-order chi connectivity index (χ0) is 12.6. The van der Waals surface area contributed by atoms with Gasteiger partial charge in [-0.15, -0.1) is 0 Å². The van der Waals surface area contributed by atoms with Gasteiger partial charge in [-0.3, -0.25) is 14.6 Å². The van der Waals surface area contributed by atoms with Crippen LogP contribution in [0.15, 0.2) is 23.0 Å². The van der Waals surface area contributed by atoms with Crippen LogP contribution in [0.25, 0.3) is 10.9 Å². The molecule has 1 heterocycles. The summed E-state index contributed by atoms with van der Waals surface area (Å²) in [4.78, 5) is 22.8. The first-order valence-electron chi connectivity index (χ1n) is 5.45. The first-order valence-corrected chi connectivity index (χ1v) is 5.45. The van der Waals surface area contributed by atoms with E-state index in [2.05, 4.69) is 5.10 Å². The summed E-state index contributed by atoms with van der Waals surface area (Å²) >= 11 is 0. The van der Waals surface area contributed by atoms with Gasteiger partial charge >= 0.3 is 5.97 Å². The highest BCUT2D eigenvalue weighted by Crippen LogP contribution is 2.11. The van der Waals surface area contributed by atoms with Crippen molar-refractivity contribution in [3.05, 3.63) is 34.1 Å². The van der Waals surface area contributed by atoms with Crippen LogP contribution >= 0.6 is 0 Å². The number of rotatable bonds is 3. The maximum Gasteiger partial charge on any atom is 0.335 e. The summed E-state index contributed by atoms with van der Waals surface area (Å²) in [6.07, 6.45) is 0. The van der Waals surface area contributed by atoms with Crippen molar-refractivity contribution < 1.29 is 9.90 Å². The molecule has 90 valence electrons. The van der Waals surface area contributed by atoms with Crippen LogP contribution in [-0.2, 0) is 6.54 Å². The van der Waals surface area contributed by atoms with Gasteiger partial charge in [-0.1, -0.05) is 13.8 Å². The molecule has 0 aliphatic rings. The molecule has 0 bridgehead atoms. The lowest BCUT2D eigenvalue weighted by molar-refractivity contribution is 0.0697. The smallest absolute Gasteiger partial charge is 0.335 e. The predicted octanol–water partition coefficient (Wildman–Crippen LogP) is 1.68. The monoisotopic (exact) mass is 234 g/mol. The Balaban J connectivity index is 2.59. The molecule has 0 fully saturated rings. The molecule has 0 amide bonds. The van der Waals surface area contributed by atoms with Crippen LogP contribution in [0.5, 0.6) is 0 Å². The normalized spacial score (nSPS) is 11.2. The highest BCUT2D eigenvalue weighted by molar-refractivity contribution is 5.93. The molecule has 5 nitrogen and oxygen atoms in total. The van der Waals surface area contributed by atoms with Crippen LogP contribution in [-0.4, -0.2) is 20.9 Å². The zero-order valence-corrected chi connectivity index (χ0v) is 9.73. The Labute approximate surface area is 97.7 Å². The van der Waals surface area contributed by atoms with Crippen LogP contribution < -0.4 is 5.56 Å². The van der Waals surface area contributed by atoms with Gasteiger partial charge in [-0.2, -0.15) is 0 Å². The van der Waals surface area contributed by atoms with Gasteiger partial charge in [0.1, 0.15) is 0 Å². The minimum absolute atomic E-state index is 0.130. The van der Waals surface area contributed by atoms with E-state index in [1.807, 2.05) is 13.8 Å². The van der Waals surface area contributed by atoms with Gasteiger partial charge in [-0.05, 0) is 24.1 Å². The van der Waals surface area contributed by atoms with E-state index in [1.54, 1.807) is 6.07 Å². The molecule has 0 radical (unpaired) electrons. The number of aromatic amines is 1.